The molecule has 0 spiro atoms. The van der Waals surface area contributed by atoms with Gasteiger partial charge in [-0.25, -0.2) is 4.99 Å². The van der Waals surface area contributed by atoms with Gasteiger partial charge < -0.3 is 19.9 Å². The van der Waals surface area contributed by atoms with Crippen LogP contribution in [-0.4, -0.2) is 35.7 Å². The Morgan fingerprint density at radius 1 is 1.00 bits per heavy atom. The second-order valence-corrected chi connectivity index (χ2v) is 11.2. The molecule has 0 fully saturated rings. The van der Waals surface area contributed by atoms with Gasteiger partial charge in [0.15, 0.2) is 11.6 Å². The molecule has 4 aromatic rings. The highest BCUT2D eigenvalue weighted by Crippen LogP contribution is 2.44. The van der Waals surface area contributed by atoms with Gasteiger partial charge in [-0.1, -0.05) is 93.8 Å². The number of hydrogen-bond acceptors (Lipinski definition) is 6. The first kappa shape index (κ1) is 30.8. The number of azide groups is 1. The van der Waals surface area contributed by atoms with Crippen molar-refractivity contribution in [1.29, 1.82) is 0 Å². The number of aliphatic hydroxyl groups is 1. The van der Waals surface area contributed by atoms with E-state index in [4.69, 9.17) is 25.1 Å². The van der Waals surface area contributed by atoms with Crippen LogP contribution in [0.15, 0.2) is 118 Å². The molecule has 2 atom stereocenters. The first-order valence-electron chi connectivity index (χ1n) is 14.3. The molecule has 224 valence electrons. The van der Waals surface area contributed by atoms with Crippen LogP contribution in [0, 0.1) is 0 Å². The van der Waals surface area contributed by atoms with E-state index in [9.17, 15) is 4.79 Å². The van der Waals surface area contributed by atoms with Crippen LogP contribution in [0.4, 0.5) is 0 Å². The van der Waals surface area contributed by atoms with Crippen LogP contribution in [0.25, 0.3) is 10.4 Å². The van der Waals surface area contributed by atoms with Crippen LogP contribution in [-0.2, 0) is 29.0 Å². The lowest BCUT2D eigenvalue weighted by Gasteiger charge is -2.32. The first-order valence-corrected chi connectivity index (χ1v) is 15.1. The van der Waals surface area contributed by atoms with Gasteiger partial charge in [0.2, 0.25) is 5.90 Å². The second kappa shape index (κ2) is 14.7. The maximum atomic E-state index is 14.5. The highest BCUT2D eigenvalue weighted by Gasteiger charge is 2.54. The van der Waals surface area contributed by atoms with Crippen molar-refractivity contribution in [2.24, 2.45) is 10.1 Å². The molecular formula is C34H32BrN5O4. The Balaban J connectivity index is 1.61. The molecule has 1 amide bonds. The van der Waals surface area contributed by atoms with Gasteiger partial charge in [-0.2, -0.15) is 0 Å². The number of rotatable bonds is 13. The summed E-state index contributed by atoms with van der Waals surface area (Å²) < 4.78 is 13.2. The van der Waals surface area contributed by atoms with Gasteiger partial charge in [0.25, 0.3) is 5.91 Å². The maximum absolute atomic E-state index is 14.5. The number of halogens is 1. The number of hydrogen-bond donors (Lipinski definition) is 2. The molecular weight excluding hydrogens is 622 g/mol. The molecule has 0 saturated carbocycles. The van der Waals surface area contributed by atoms with Gasteiger partial charge in [-0.05, 0) is 58.1 Å². The van der Waals surface area contributed by atoms with E-state index >= 15 is 0 Å². The molecule has 1 aliphatic heterocycles. The molecule has 10 heteroatoms. The number of ether oxygens (including phenoxy) is 2. The third-order valence-corrected chi connectivity index (χ3v) is 8.16. The van der Waals surface area contributed by atoms with Gasteiger partial charge in [0, 0.05) is 40.9 Å². The summed E-state index contributed by atoms with van der Waals surface area (Å²) in [5.74, 6) is 0.675. The zero-order chi connectivity index (χ0) is 30.8. The SMILES string of the molecule is [N-]=[N+]=NCc1ccccc1[C@H]1OC(c2ccc(OCCCO)cc2)=N[C@@]1(Cc1ccccc1Br)C(=O)NCc1ccccc1. The molecule has 0 aromatic heterocycles. The smallest absolute Gasteiger partial charge is 0.252 e. The number of benzene rings is 4. The van der Waals surface area contributed by atoms with Crippen molar-refractivity contribution in [1.82, 2.24) is 5.32 Å². The van der Waals surface area contributed by atoms with E-state index in [0.29, 0.717) is 42.3 Å². The summed E-state index contributed by atoms with van der Waals surface area (Å²) in [6.07, 6.45) is -0.0584. The number of aliphatic hydroxyl groups excluding tert-OH is 1. The van der Waals surface area contributed by atoms with Gasteiger partial charge in [-0.3, -0.25) is 4.79 Å². The molecule has 1 aliphatic rings. The lowest BCUT2D eigenvalue weighted by molar-refractivity contribution is -0.129. The second-order valence-electron chi connectivity index (χ2n) is 10.3. The summed E-state index contributed by atoms with van der Waals surface area (Å²) in [5.41, 5.74) is 11.6. The summed E-state index contributed by atoms with van der Waals surface area (Å²) >= 11 is 3.67. The summed E-state index contributed by atoms with van der Waals surface area (Å²) in [6, 6.07) is 32.3. The molecule has 0 bridgehead atoms. The summed E-state index contributed by atoms with van der Waals surface area (Å²) in [7, 11) is 0. The van der Waals surface area contributed by atoms with Gasteiger partial charge in [-0.15, -0.1) is 0 Å². The highest BCUT2D eigenvalue weighted by molar-refractivity contribution is 9.10. The molecule has 1 heterocycles. The number of nitrogens with one attached hydrogen (secondary N) is 1. The van der Waals surface area contributed by atoms with Crippen LogP contribution in [0.5, 0.6) is 5.75 Å². The molecule has 0 saturated heterocycles. The zero-order valence-corrected chi connectivity index (χ0v) is 25.6. The fourth-order valence-corrected chi connectivity index (χ4v) is 5.59. The predicted octanol–water partition coefficient (Wildman–Crippen LogP) is 6.84. The van der Waals surface area contributed by atoms with Crippen molar-refractivity contribution in [2.75, 3.05) is 13.2 Å². The maximum Gasteiger partial charge on any atom is 0.252 e. The number of carbonyl (C=O) groups excluding carboxylic acids is 1. The largest absolute Gasteiger partial charge is 0.494 e. The normalized spacial score (nSPS) is 17.2. The minimum atomic E-state index is -1.41. The number of amides is 1. The predicted molar refractivity (Wildman–Crippen MR) is 172 cm³/mol. The lowest BCUT2D eigenvalue weighted by Crippen LogP contribution is -2.50. The zero-order valence-electron chi connectivity index (χ0n) is 24.0. The van der Waals surface area contributed by atoms with E-state index in [1.165, 1.54) is 0 Å². The first-order chi connectivity index (χ1) is 21.5. The fraction of sp³-hybridized carbons (Fsp3) is 0.235. The number of carbonyl (C=O) groups is 1. The average molecular weight is 655 g/mol. The van der Waals surface area contributed by atoms with Crippen molar-refractivity contribution < 1.29 is 19.4 Å². The lowest BCUT2D eigenvalue weighted by atomic mass is 9.80. The van der Waals surface area contributed by atoms with Gasteiger partial charge in [0.1, 0.15) is 5.75 Å². The Kier molecular flexibility index (Phi) is 10.3. The topological polar surface area (TPSA) is 129 Å². The van der Waals surface area contributed by atoms with Crippen LogP contribution in [0.1, 0.15) is 40.3 Å². The highest BCUT2D eigenvalue weighted by atomic mass is 79.9. The van der Waals surface area contributed by atoms with E-state index in [0.717, 1.165) is 21.2 Å². The molecule has 9 nitrogen and oxygen atoms in total. The van der Waals surface area contributed by atoms with E-state index in [1.54, 1.807) is 0 Å². The van der Waals surface area contributed by atoms with Crippen LogP contribution in [0.2, 0.25) is 0 Å². The average Bonchev–Trinajstić information content (AvgIpc) is 3.45. The molecule has 0 radical (unpaired) electrons. The van der Waals surface area contributed by atoms with Crippen molar-refractivity contribution in [3.8, 4) is 5.75 Å². The molecule has 5 rings (SSSR count). The van der Waals surface area contributed by atoms with E-state index in [2.05, 4.69) is 31.3 Å². The molecule has 0 aliphatic carbocycles. The van der Waals surface area contributed by atoms with Crippen LogP contribution in [0.3, 0.4) is 0 Å². The molecule has 2 N–H and O–H groups in total. The standard InChI is InChI=1S/C34H32BrN5O4/c35-30-14-7-5-11-26(30)21-34(33(42)37-22-24-9-2-1-3-10-24)31(29-13-6-4-12-27(29)23-38-40-36)44-32(39-34)25-15-17-28(18-16-25)43-20-8-19-41/h1-7,9-18,31,41H,8,19-23H2,(H,37,42)/t31-,34-/m1/s1. The summed E-state index contributed by atoms with van der Waals surface area (Å²) in [5, 5.41) is 16.0. The number of nitrogens with zero attached hydrogens (tertiary/aromatic N) is 4. The third kappa shape index (κ3) is 7.11. The molecule has 4 aromatic carbocycles. The van der Waals surface area contributed by atoms with Crippen molar-refractivity contribution in [2.45, 2.75) is 37.6 Å². The van der Waals surface area contributed by atoms with E-state index in [1.807, 2.05) is 103 Å². The quantitative estimate of drug-likeness (QED) is 0.0708. The van der Waals surface area contributed by atoms with E-state index in [-0.39, 0.29) is 25.5 Å². The summed E-state index contributed by atoms with van der Waals surface area (Å²) in [4.78, 5) is 22.6. The van der Waals surface area contributed by atoms with E-state index < -0.39 is 11.6 Å². The molecule has 44 heavy (non-hydrogen) atoms. The van der Waals surface area contributed by atoms with Crippen molar-refractivity contribution >= 4 is 27.7 Å². The minimum absolute atomic E-state index is 0.0528. The van der Waals surface area contributed by atoms with Crippen molar-refractivity contribution in [3.05, 3.63) is 146 Å². The van der Waals surface area contributed by atoms with Crippen molar-refractivity contribution in [3.63, 3.8) is 0 Å². The summed E-state index contributed by atoms with van der Waals surface area (Å²) in [6.45, 7) is 0.860. The van der Waals surface area contributed by atoms with Gasteiger partial charge in [0.05, 0.1) is 13.2 Å². The Morgan fingerprint density at radius 2 is 1.70 bits per heavy atom. The Morgan fingerprint density at radius 3 is 2.43 bits per heavy atom. The number of aliphatic imine (C=N–C) groups is 1. The van der Waals surface area contributed by atoms with Gasteiger partial charge >= 0.3 is 0 Å². The third-order valence-electron chi connectivity index (χ3n) is 7.39. The Bertz CT molecular complexity index is 1660. The fourth-order valence-electron chi connectivity index (χ4n) is 5.16. The van der Waals surface area contributed by atoms with Crippen LogP contribution < -0.4 is 10.1 Å². The molecule has 0 unspecified atom stereocenters. The van der Waals surface area contributed by atoms with Crippen LogP contribution >= 0.6 is 15.9 Å². The minimum Gasteiger partial charge on any atom is -0.494 e. The Hall–Kier alpha value is -4.63. The Labute approximate surface area is 264 Å². The monoisotopic (exact) mass is 653 g/mol.